The van der Waals surface area contributed by atoms with Crippen LogP contribution in [-0.2, 0) is 9.59 Å². The zero-order valence-corrected chi connectivity index (χ0v) is 15.1. The predicted octanol–water partition coefficient (Wildman–Crippen LogP) is 1.74. The number of anilines is 1. The van der Waals surface area contributed by atoms with Gasteiger partial charge in [-0.25, -0.2) is 0 Å². The van der Waals surface area contributed by atoms with Crippen LogP contribution in [0.25, 0.3) is 0 Å². The number of benzene rings is 1. The number of carbonyl (C=O) groups excluding carboxylic acids is 2. The van der Waals surface area contributed by atoms with E-state index in [-0.39, 0.29) is 24.4 Å². The molecule has 0 saturated carbocycles. The minimum atomic E-state index is -0.182. The van der Waals surface area contributed by atoms with Crippen molar-refractivity contribution in [1.29, 1.82) is 0 Å². The van der Waals surface area contributed by atoms with Crippen LogP contribution in [0.3, 0.4) is 0 Å². The highest BCUT2D eigenvalue weighted by atomic mass is 16.5. The molecule has 0 aliphatic carbocycles. The van der Waals surface area contributed by atoms with Crippen LogP contribution in [0.15, 0.2) is 24.3 Å². The molecule has 1 aromatic rings. The quantitative estimate of drug-likeness (QED) is 0.816. The van der Waals surface area contributed by atoms with E-state index >= 15 is 0 Å². The fourth-order valence-corrected chi connectivity index (χ4v) is 3.54. The van der Waals surface area contributed by atoms with E-state index in [1.165, 1.54) is 0 Å². The number of rotatable bonds is 5. The summed E-state index contributed by atoms with van der Waals surface area (Å²) in [5.41, 5.74) is 0.823. The number of amides is 2. The number of fused-ring (bicyclic) bond motifs is 1. The average Bonchev–Trinajstić information content (AvgIpc) is 2.64. The van der Waals surface area contributed by atoms with Gasteiger partial charge in [-0.2, -0.15) is 0 Å². The minimum Gasteiger partial charge on any atom is -0.490 e. The number of nitrogens with zero attached hydrogens (tertiary/aromatic N) is 3. The molecule has 136 valence electrons. The van der Waals surface area contributed by atoms with E-state index in [0.717, 1.165) is 37.2 Å². The summed E-state index contributed by atoms with van der Waals surface area (Å²) >= 11 is 0. The maximum atomic E-state index is 12.9. The van der Waals surface area contributed by atoms with Crippen LogP contribution >= 0.6 is 0 Å². The van der Waals surface area contributed by atoms with Gasteiger partial charge in [0.25, 0.3) is 0 Å². The van der Waals surface area contributed by atoms with E-state index in [1.54, 1.807) is 9.80 Å². The largest absolute Gasteiger partial charge is 0.490 e. The second kappa shape index (κ2) is 7.87. The maximum absolute atomic E-state index is 12.9. The molecule has 2 aliphatic rings. The lowest BCUT2D eigenvalue weighted by Crippen LogP contribution is -2.58. The summed E-state index contributed by atoms with van der Waals surface area (Å²) < 4.78 is 5.63. The van der Waals surface area contributed by atoms with Gasteiger partial charge in [-0.15, -0.1) is 0 Å². The smallest absolute Gasteiger partial charge is 0.241 e. The molecular formula is C19H27N3O3. The van der Waals surface area contributed by atoms with Crippen LogP contribution in [0.1, 0.15) is 26.2 Å². The summed E-state index contributed by atoms with van der Waals surface area (Å²) in [6, 6.07) is 7.44. The van der Waals surface area contributed by atoms with Crippen molar-refractivity contribution in [3.8, 4) is 5.75 Å². The second-order valence-corrected chi connectivity index (χ2v) is 6.75. The molecule has 3 rings (SSSR count). The first-order valence-electron chi connectivity index (χ1n) is 9.13. The Morgan fingerprint density at radius 2 is 2.04 bits per heavy atom. The zero-order valence-electron chi connectivity index (χ0n) is 15.1. The van der Waals surface area contributed by atoms with Crippen molar-refractivity contribution in [1.82, 2.24) is 9.80 Å². The van der Waals surface area contributed by atoms with Crippen LogP contribution < -0.4 is 9.64 Å². The Bertz CT molecular complexity index is 634. The van der Waals surface area contributed by atoms with Gasteiger partial charge in [0.1, 0.15) is 12.4 Å². The van der Waals surface area contributed by atoms with Crippen molar-refractivity contribution in [2.24, 2.45) is 0 Å². The number of unbranched alkanes of at least 4 members (excludes halogenated alkanes) is 1. The number of hydrogen-bond acceptors (Lipinski definition) is 4. The Hall–Kier alpha value is -2.08. The van der Waals surface area contributed by atoms with Crippen molar-refractivity contribution in [2.75, 3.05) is 44.7 Å². The zero-order chi connectivity index (χ0) is 17.8. The molecule has 2 aliphatic heterocycles. The molecule has 0 bridgehead atoms. The van der Waals surface area contributed by atoms with Crippen molar-refractivity contribution in [3.05, 3.63) is 24.3 Å². The number of carbonyl (C=O) groups is 2. The number of piperazine rings is 1. The van der Waals surface area contributed by atoms with E-state index in [4.69, 9.17) is 4.74 Å². The van der Waals surface area contributed by atoms with Gasteiger partial charge < -0.3 is 14.5 Å². The third kappa shape index (κ3) is 3.79. The molecule has 6 heteroatoms. The van der Waals surface area contributed by atoms with Crippen LogP contribution in [0.4, 0.5) is 5.69 Å². The first-order chi connectivity index (χ1) is 12.1. The molecule has 1 saturated heterocycles. The molecule has 2 heterocycles. The summed E-state index contributed by atoms with van der Waals surface area (Å²) in [6.07, 6.45) is 2.86. The van der Waals surface area contributed by atoms with Gasteiger partial charge in [0, 0.05) is 20.1 Å². The molecule has 1 atom stereocenters. The molecule has 25 heavy (non-hydrogen) atoms. The van der Waals surface area contributed by atoms with Crippen LogP contribution in [-0.4, -0.2) is 67.5 Å². The van der Waals surface area contributed by atoms with Crippen molar-refractivity contribution in [2.45, 2.75) is 32.2 Å². The summed E-state index contributed by atoms with van der Waals surface area (Å²) in [7, 11) is 1.85. The van der Waals surface area contributed by atoms with Gasteiger partial charge in [0.05, 0.1) is 24.8 Å². The lowest BCUT2D eigenvalue weighted by atomic mass is 10.0. The SMILES string of the molecule is CCCC[C@H]1C(=O)N(C)CCN1CC(=O)N1CCOc2ccccc21. The van der Waals surface area contributed by atoms with Crippen LogP contribution in [0.5, 0.6) is 5.75 Å². The molecule has 0 spiro atoms. The molecular weight excluding hydrogens is 318 g/mol. The van der Waals surface area contributed by atoms with Gasteiger partial charge in [0.2, 0.25) is 11.8 Å². The highest BCUT2D eigenvalue weighted by Gasteiger charge is 2.35. The maximum Gasteiger partial charge on any atom is 0.241 e. The lowest BCUT2D eigenvalue weighted by molar-refractivity contribution is -0.141. The molecule has 0 unspecified atom stereocenters. The first kappa shape index (κ1) is 17.7. The summed E-state index contributed by atoms with van der Waals surface area (Å²) in [5, 5.41) is 0. The summed E-state index contributed by atoms with van der Waals surface area (Å²) in [6.45, 7) is 4.88. The highest BCUT2D eigenvalue weighted by Crippen LogP contribution is 2.31. The van der Waals surface area contributed by atoms with E-state index in [9.17, 15) is 9.59 Å². The van der Waals surface area contributed by atoms with Crippen LogP contribution in [0.2, 0.25) is 0 Å². The van der Waals surface area contributed by atoms with Gasteiger partial charge >= 0.3 is 0 Å². The Kier molecular flexibility index (Phi) is 5.58. The number of hydrogen-bond donors (Lipinski definition) is 0. The average molecular weight is 345 g/mol. The van der Waals surface area contributed by atoms with E-state index in [0.29, 0.717) is 19.7 Å². The molecule has 1 fully saturated rings. The topological polar surface area (TPSA) is 53.1 Å². The van der Waals surface area contributed by atoms with Crippen molar-refractivity contribution in [3.63, 3.8) is 0 Å². The number of ether oxygens (including phenoxy) is 1. The monoisotopic (exact) mass is 345 g/mol. The van der Waals surface area contributed by atoms with E-state index < -0.39 is 0 Å². The molecule has 6 nitrogen and oxygen atoms in total. The molecule has 0 N–H and O–H groups in total. The Balaban J connectivity index is 1.72. The van der Waals surface area contributed by atoms with E-state index in [2.05, 4.69) is 11.8 Å². The fraction of sp³-hybridized carbons (Fsp3) is 0.579. The van der Waals surface area contributed by atoms with E-state index in [1.807, 2.05) is 31.3 Å². The van der Waals surface area contributed by atoms with Crippen LogP contribution in [0, 0.1) is 0 Å². The summed E-state index contributed by atoms with van der Waals surface area (Å²) in [5.74, 6) is 0.920. The Morgan fingerprint density at radius 1 is 1.24 bits per heavy atom. The predicted molar refractivity (Wildman–Crippen MR) is 96.8 cm³/mol. The third-order valence-corrected chi connectivity index (χ3v) is 5.02. The fourth-order valence-electron chi connectivity index (χ4n) is 3.54. The highest BCUT2D eigenvalue weighted by molar-refractivity contribution is 5.97. The molecule has 0 aromatic heterocycles. The standard InChI is InChI=1S/C19H27N3O3/c1-3-4-7-16-19(24)20(2)10-11-21(16)14-18(23)22-12-13-25-17-9-6-5-8-15(17)22/h5-6,8-9,16H,3-4,7,10-14H2,1-2H3/t16-/m0/s1. The molecule has 1 aromatic carbocycles. The van der Waals surface area contributed by atoms with Crippen molar-refractivity contribution >= 4 is 17.5 Å². The Morgan fingerprint density at radius 3 is 2.84 bits per heavy atom. The lowest BCUT2D eigenvalue weighted by Gasteiger charge is -2.40. The van der Waals surface area contributed by atoms with Gasteiger partial charge in [-0.3, -0.25) is 14.5 Å². The minimum absolute atomic E-state index is 0.0367. The van der Waals surface area contributed by atoms with Gasteiger partial charge in [-0.1, -0.05) is 31.9 Å². The van der Waals surface area contributed by atoms with Gasteiger partial charge in [0.15, 0.2) is 0 Å². The van der Waals surface area contributed by atoms with Gasteiger partial charge in [-0.05, 0) is 18.6 Å². The summed E-state index contributed by atoms with van der Waals surface area (Å²) in [4.78, 5) is 31.1. The second-order valence-electron chi connectivity index (χ2n) is 6.75. The van der Waals surface area contributed by atoms with Crippen molar-refractivity contribution < 1.29 is 14.3 Å². The first-order valence-corrected chi connectivity index (χ1v) is 9.13. The third-order valence-electron chi connectivity index (χ3n) is 5.02. The molecule has 2 amide bonds. The number of para-hydroxylation sites is 2. The molecule has 0 radical (unpaired) electrons. The Labute approximate surface area is 149 Å². The number of likely N-dealkylation sites (N-methyl/N-ethyl adjacent to an activating group) is 1. The normalized spacial score (nSPS) is 21.0.